The minimum Gasteiger partial charge on any atom is -0.0617 e. The van der Waals surface area contributed by atoms with Crippen LogP contribution in [0.25, 0.3) is 11.1 Å². The molecule has 0 aliphatic carbocycles. The highest BCUT2D eigenvalue weighted by Crippen LogP contribution is 2.35. The number of hydrogen-bond donors (Lipinski definition) is 0. The van der Waals surface area contributed by atoms with E-state index in [-0.39, 0.29) is 0 Å². The van der Waals surface area contributed by atoms with Crippen molar-refractivity contribution in [3.8, 4) is 11.1 Å². The summed E-state index contributed by atoms with van der Waals surface area (Å²) in [5.41, 5.74) is 6.76. The summed E-state index contributed by atoms with van der Waals surface area (Å²) in [6.45, 7) is 11.2. The lowest BCUT2D eigenvalue weighted by atomic mass is 9.85. The van der Waals surface area contributed by atoms with E-state index in [0.29, 0.717) is 11.8 Å². The maximum absolute atomic E-state index is 3.42. The lowest BCUT2D eigenvalue weighted by Crippen LogP contribution is -1.99. The predicted molar refractivity (Wildman–Crippen MR) is 83.6 cm³/mol. The lowest BCUT2D eigenvalue weighted by Gasteiger charge is -2.20. The van der Waals surface area contributed by atoms with Crippen molar-refractivity contribution in [1.29, 1.82) is 0 Å². The summed E-state index contributed by atoms with van der Waals surface area (Å²) in [6.07, 6.45) is 0. The second-order valence-corrected chi connectivity index (χ2v) is 5.90. The maximum atomic E-state index is 3.42. The van der Waals surface area contributed by atoms with Gasteiger partial charge in [0.2, 0.25) is 0 Å². The van der Waals surface area contributed by atoms with Crippen molar-refractivity contribution in [2.45, 2.75) is 46.5 Å². The van der Waals surface area contributed by atoms with E-state index in [0.717, 1.165) is 0 Å². The first kappa shape index (κ1) is 13.9. The van der Waals surface area contributed by atoms with Crippen LogP contribution >= 0.6 is 0 Å². The molecule has 0 heteroatoms. The Balaban J connectivity index is 2.71. The summed E-state index contributed by atoms with van der Waals surface area (Å²) in [5, 5.41) is 0. The van der Waals surface area contributed by atoms with Crippen molar-refractivity contribution in [3.05, 3.63) is 59.2 Å². The summed E-state index contributed by atoms with van der Waals surface area (Å²) >= 11 is 0. The highest BCUT2D eigenvalue weighted by Gasteiger charge is 2.15. The monoisotopic (exact) mass is 251 g/mol. The molecule has 19 heavy (non-hydrogen) atoms. The lowest BCUT2D eigenvalue weighted by molar-refractivity contribution is 0.838. The van der Waals surface area contributed by atoms with Crippen molar-refractivity contribution in [1.82, 2.24) is 0 Å². The van der Waals surface area contributed by atoms with Crippen LogP contribution in [-0.2, 0) is 0 Å². The molecule has 0 aliphatic rings. The smallest absolute Gasteiger partial charge is 0.00968 e. The first-order valence-corrected chi connectivity index (χ1v) is 7.12. The van der Waals surface area contributed by atoms with E-state index in [9.17, 15) is 0 Å². The fourth-order valence-corrected chi connectivity index (χ4v) is 2.59. The molecule has 0 aliphatic heterocycles. The van der Waals surface area contributed by atoms with Gasteiger partial charge in [-0.1, -0.05) is 69.7 Å². The van der Waals surface area contributed by atoms with Crippen molar-refractivity contribution < 1.29 is 0 Å². The Hall–Kier alpha value is -1.56. The predicted octanol–water partition coefficient (Wildman–Crippen LogP) is 5.71. The van der Waals surface area contributed by atoms with Crippen LogP contribution in [0.15, 0.2) is 36.4 Å². The zero-order valence-electron chi connectivity index (χ0n) is 12.6. The molecule has 0 N–H and O–H groups in total. The van der Waals surface area contributed by atoms with E-state index in [1.807, 2.05) is 6.07 Å². The third-order valence-electron chi connectivity index (χ3n) is 3.60. The minimum atomic E-state index is 0.530. The number of aryl methyl sites for hydroxylation is 1. The molecule has 2 aromatic rings. The van der Waals surface area contributed by atoms with E-state index >= 15 is 0 Å². The van der Waals surface area contributed by atoms with Gasteiger partial charge in [-0.3, -0.25) is 0 Å². The summed E-state index contributed by atoms with van der Waals surface area (Å²) in [5.74, 6) is 1.06. The second-order valence-electron chi connectivity index (χ2n) is 5.90. The van der Waals surface area contributed by atoms with Gasteiger partial charge in [-0.05, 0) is 47.1 Å². The Kier molecular flexibility index (Phi) is 4.09. The molecule has 0 fully saturated rings. The van der Waals surface area contributed by atoms with Gasteiger partial charge in [-0.15, -0.1) is 0 Å². The highest BCUT2D eigenvalue weighted by molar-refractivity contribution is 5.72. The Morgan fingerprint density at radius 1 is 0.895 bits per heavy atom. The minimum absolute atomic E-state index is 0.530. The van der Waals surface area contributed by atoms with Crippen LogP contribution in [0.2, 0.25) is 0 Å². The molecule has 0 heterocycles. The van der Waals surface area contributed by atoms with Gasteiger partial charge in [0.15, 0.2) is 0 Å². The summed E-state index contributed by atoms with van der Waals surface area (Å²) in [4.78, 5) is 0. The maximum Gasteiger partial charge on any atom is -0.00968 e. The third-order valence-corrected chi connectivity index (χ3v) is 3.60. The SMILES string of the molecule is Cc1cc[c]c(-c2c(C(C)C)cccc2C(C)C)c1. The zero-order chi connectivity index (χ0) is 14.0. The summed E-state index contributed by atoms with van der Waals surface area (Å²) < 4.78 is 0. The molecular formula is C19H23. The number of rotatable bonds is 3. The Labute approximate surface area is 117 Å². The van der Waals surface area contributed by atoms with E-state index in [1.54, 1.807) is 0 Å². The molecule has 2 aromatic carbocycles. The van der Waals surface area contributed by atoms with Crippen molar-refractivity contribution in [2.75, 3.05) is 0 Å². The topological polar surface area (TPSA) is 0 Å². The van der Waals surface area contributed by atoms with Crippen LogP contribution in [0.3, 0.4) is 0 Å². The van der Waals surface area contributed by atoms with E-state index in [1.165, 1.54) is 27.8 Å². The van der Waals surface area contributed by atoms with Gasteiger partial charge >= 0.3 is 0 Å². The molecule has 0 aromatic heterocycles. The van der Waals surface area contributed by atoms with Crippen molar-refractivity contribution in [3.63, 3.8) is 0 Å². The molecule has 0 bridgehead atoms. The molecule has 0 saturated carbocycles. The van der Waals surface area contributed by atoms with Gasteiger partial charge in [-0.25, -0.2) is 0 Å². The van der Waals surface area contributed by atoms with Crippen LogP contribution in [0, 0.1) is 13.0 Å². The van der Waals surface area contributed by atoms with Gasteiger partial charge in [0.05, 0.1) is 0 Å². The Morgan fingerprint density at radius 2 is 1.47 bits per heavy atom. The summed E-state index contributed by atoms with van der Waals surface area (Å²) in [6, 6.07) is 16.5. The van der Waals surface area contributed by atoms with E-state index < -0.39 is 0 Å². The molecule has 0 amide bonds. The van der Waals surface area contributed by atoms with Gasteiger partial charge in [0.25, 0.3) is 0 Å². The first-order valence-electron chi connectivity index (χ1n) is 7.12. The zero-order valence-corrected chi connectivity index (χ0v) is 12.6. The molecular weight excluding hydrogens is 228 g/mol. The van der Waals surface area contributed by atoms with Gasteiger partial charge in [0, 0.05) is 0 Å². The van der Waals surface area contributed by atoms with Crippen LogP contribution < -0.4 is 0 Å². The fraction of sp³-hybridized carbons (Fsp3) is 0.368. The molecule has 0 saturated heterocycles. The highest BCUT2D eigenvalue weighted by atomic mass is 14.2. The Morgan fingerprint density at radius 3 is 1.95 bits per heavy atom. The van der Waals surface area contributed by atoms with Gasteiger partial charge in [-0.2, -0.15) is 0 Å². The van der Waals surface area contributed by atoms with Crippen molar-refractivity contribution in [2.24, 2.45) is 0 Å². The average molecular weight is 251 g/mol. The largest absolute Gasteiger partial charge is 0.0617 e. The Bertz CT molecular complexity index is 536. The van der Waals surface area contributed by atoms with E-state index in [4.69, 9.17) is 0 Å². The van der Waals surface area contributed by atoms with Gasteiger partial charge < -0.3 is 0 Å². The quantitative estimate of drug-likeness (QED) is 0.655. The molecule has 0 spiro atoms. The summed E-state index contributed by atoms with van der Waals surface area (Å²) in [7, 11) is 0. The number of benzene rings is 2. The molecule has 1 radical (unpaired) electrons. The van der Waals surface area contributed by atoms with Gasteiger partial charge in [0.1, 0.15) is 0 Å². The normalized spacial score (nSPS) is 11.3. The molecule has 99 valence electrons. The van der Waals surface area contributed by atoms with Crippen LogP contribution in [0.1, 0.15) is 56.2 Å². The van der Waals surface area contributed by atoms with Crippen LogP contribution in [-0.4, -0.2) is 0 Å². The van der Waals surface area contributed by atoms with Crippen LogP contribution in [0.5, 0.6) is 0 Å². The average Bonchev–Trinajstić information content (AvgIpc) is 2.37. The standard InChI is InChI=1S/C19H23/c1-13(2)17-10-7-11-18(14(3)4)19(17)16-9-6-8-15(5)12-16/h6-8,10-14H,1-5H3. The molecule has 0 unspecified atom stereocenters. The van der Waals surface area contributed by atoms with Crippen molar-refractivity contribution >= 4 is 0 Å². The second kappa shape index (κ2) is 5.61. The first-order chi connectivity index (χ1) is 9.00. The molecule has 0 atom stereocenters. The van der Waals surface area contributed by atoms with E-state index in [2.05, 4.69) is 71.0 Å². The third kappa shape index (κ3) is 2.89. The van der Waals surface area contributed by atoms with Crippen LogP contribution in [0.4, 0.5) is 0 Å². The molecule has 0 nitrogen and oxygen atoms in total. The fourth-order valence-electron chi connectivity index (χ4n) is 2.59. The molecule has 2 rings (SSSR count). The number of hydrogen-bond acceptors (Lipinski definition) is 0.